The molecule has 0 fully saturated rings. The number of rotatable bonds is 6. The van der Waals surface area contributed by atoms with Crippen LogP contribution in [0.1, 0.15) is 37.7 Å². The molecular weight excluding hydrogens is 232 g/mol. The van der Waals surface area contributed by atoms with Crippen molar-refractivity contribution in [1.29, 1.82) is 0 Å². The number of carbonyl (C=O) groups is 2. The summed E-state index contributed by atoms with van der Waals surface area (Å²) in [4.78, 5) is 26.8. The highest BCUT2D eigenvalue weighted by Gasteiger charge is 2.13. The minimum absolute atomic E-state index is 0.00000817. The van der Waals surface area contributed by atoms with Crippen molar-refractivity contribution in [2.75, 3.05) is 11.9 Å². The molecule has 0 aliphatic carbocycles. The second kappa shape index (κ2) is 6.74. The SMILES string of the molecule is CCOC(=O)C(C)Nc1ccc(C(=O)CC)nc1. The van der Waals surface area contributed by atoms with Crippen LogP contribution in [0.2, 0.25) is 0 Å². The Morgan fingerprint density at radius 1 is 1.39 bits per heavy atom. The molecule has 5 heteroatoms. The summed E-state index contributed by atoms with van der Waals surface area (Å²) >= 11 is 0. The molecular formula is C13H18N2O3. The van der Waals surface area contributed by atoms with Gasteiger partial charge in [-0.1, -0.05) is 6.92 Å². The highest BCUT2D eigenvalue weighted by Crippen LogP contribution is 2.09. The average molecular weight is 250 g/mol. The molecule has 0 aliphatic rings. The lowest BCUT2D eigenvalue weighted by atomic mass is 10.2. The number of pyridine rings is 1. The molecule has 0 spiro atoms. The Bertz CT molecular complexity index is 415. The molecule has 98 valence electrons. The first kappa shape index (κ1) is 14.2. The van der Waals surface area contributed by atoms with Crippen molar-refractivity contribution in [2.24, 2.45) is 0 Å². The summed E-state index contributed by atoms with van der Waals surface area (Å²) in [6.45, 7) is 5.62. The Hall–Kier alpha value is -1.91. The van der Waals surface area contributed by atoms with Crippen LogP contribution in [0.15, 0.2) is 18.3 Å². The van der Waals surface area contributed by atoms with Gasteiger partial charge in [0.25, 0.3) is 0 Å². The maximum atomic E-state index is 11.4. The van der Waals surface area contributed by atoms with Gasteiger partial charge in [-0.15, -0.1) is 0 Å². The Kier molecular flexibility index (Phi) is 5.30. The van der Waals surface area contributed by atoms with E-state index in [4.69, 9.17) is 4.74 Å². The highest BCUT2D eigenvalue weighted by molar-refractivity contribution is 5.94. The fourth-order valence-electron chi connectivity index (χ4n) is 1.40. The minimum atomic E-state index is -0.445. The number of aromatic nitrogens is 1. The molecule has 0 saturated carbocycles. The van der Waals surface area contributed by atoms with Crippen LogP contribution >= 0.6 is 0 Å². The number of carbonyl (C=O) groups excluding carboxylic acids is 2. The molecule has 1 atom stereocenters. The van der Waals surface area contributed by atoms with Crippen molar-refractivity contribution in [3.63, 3.8) is 0 Å². The van der Waals surface area contributed by atoms with Crippen LogP contribution in [-0.4, -0.2) is 29.4 Å². The molecule has 0 saturated heterocycles. The van der Waals surface area contributed by atoms with Crippen LogP contribution in [0.25, 0.3) is 0 Å². The first-order valence-corrected chi connectivity index (χ1v) is 6.00. The van der Waals surface area contributed by atoms with Gasteiger partial charge in [0.05, 0.1) is 18.5 Å². The lowest BCUT2D eigenvalue weighted by Crippen LogP contribution is -2.28. The number of ketones is 1. The molecule has 1 N–H and O–H groups in total. The van der Waals surface area contributed by atoms with E-state index in [1.54, 1.807) is 39.1 Å². The quantitative estimate of drug-likeness (QED) is 0.618. The molecule has 5 nitrogen and oxygen atoms in total. The van der Waals surface area contributed by atoms with E-state index in [1.807, 2.05) is 0 Å². The minimum Gasteiger partial charge on any atom is -0.464 e. The second-order valence-corrected chi connectivity index (χ2v) is 3.83. The van der Waals surface area contributed by atoms with Gasteiger partial charge in [0.15, 0.2) is 5.78 Å². The first-order valence-electron chi connectivity index (χ1n) is 6.00. The maximum absolute atomic E-state index is 11.4. The topological polar surface area (TPSA) is 68.3 Å². The second-order valence-electron chi connectivity index (χ2n) is 3.83. The van der Waals surface area contributed by atoms with Gasteiger partial charge in [0.1, 0.15) is 11.7 Å². The zero-order chi connectivity index (χ0) is 13.5. The van der Waals surface area contributed by atoms with E-state index >= 15 is 0 Å². The molecule has 1 rings (SSSR count). The number of anilines is 1. The van der Waals surface area contributed by atoms with E-state index in [1.165, 1.54) is 0 Å². The lowest BCUT2D eigenvalue weighted by molar-refractivity contribution is -0.143. The van der Waals surface area contributed by atoms with Gasteiger partial charge in [-0.3, -0.25) is 9.78 Å². The fraction of sp³-hybridized carbons (Fsp3) is 0.462. The van der Waals surface area contributed by atoms with E-state index < -0.39 is 6.04 Å². The smallest absolute Gasteiger partial charge is 0.328 e. The third-order valence-corrected chi connectivity index (χ3v) is 2.39. The number of esters is 1. The van der Waals surface area contributed by atoms with Crippen LogP contribution in [0, 0.1) is 0 Å². The molecule has 1 heterocycles. The third-order valence-electron chi connectivity index (χ3n) is 2.39. The molecule has 1 unspecified atom stereocenters. The summed E-state index contributed by atoms with van der Waals surface area (Å²) in [5, 5.41) is 2.96. The Labute approximate surface area is 107 Å². The normalized spacial score (nSPS) is 11.7. The molecule has 0 radical (unpaired) electrons. The third kappa shape index (κ3) is 3.84. The van der Waals surface area contributed by atoms with Crippen LogP contribution < -0.4 is 5.32 Å². The van der Waals surface area contributed by atoms with Gasteiger partial charge in [0.2, 0.25) is 0 Å². The van der Waals surface area contributed by atoms with Crippen molar-refractivity contribution in [2.45, 2.75) is 33.2 Å². The summed E-state index contributed by atoms with van der Waals surface area (Å²) in [5.41, 5.74) is 1.12. The van der Waals surface area contributed by atoms with E-state index in [0.29, 0.717) is 24.4 Å². The summed E-state index contributed by atoms with van der Waals surface area (Å²) in [7, 11) is 0. The number of nitrogens with zero attached hydrogens (tertiary/aromatic N) is 1. The van der Waals surface area contributed by atoms with Crippen molar-refractivity contribution in [1.82, 2.24) is 4.98 Å². The number of nitrogens with one attached hydrogen (secondary N) is 1. The molecule has 18 heavy (non-hydrogen) atoms. The first-order chi connectivity index (χ1) is 8.58. The van der Waals surface area contributed by atoms with Gasteiger partial charge in [0, 0.05) is 6.42 Å². The maximum Gasteiger partial charge on any atom is 0.328 e. The van der Waals surface area contributed by atoms with Crippen LogP contribution in [0.3, 0.4) is 0 Å². The van der Waals surface area contributed by atoms with Crippen molar-refractivity contribution in [3.8, 4) is 0 Å². The van der Waals surface area contributed by atoms with E-state index in [9.17, 15) is 9.59 Å². The molecule has 0 amide bonds. The summed E-state index contributed by atoms with van der Waals surface area (Å²) in [6, 6.07) is 2.93. The zero-order valence-corrected chi connectivity index (χ0v) is 10.9. The van der Waals surface area contributed by atoms with Gasteiger partial charge in [-0.25, -0.2) is 4.79 Å². The van der Waals surface area contributed by atoms with E-state index in [-0.39, 0.29) is 11.8 Å². The number of Topliss-reactive ketones (excluding diaryl/α,β-unsaturated/α-hetero) is 1. The number of ether oxygens (including phenoxy) is 1. The lowest BCUT2D eigenvalue weighted by Gasteiger charge is -2.13. The van der Waals surface area contributed by atoms with Crippen LogP contribution in [-0.2, 0) is 9.53 Å². The van der Waals surface area contributed by atoms with Gasteiger partial charge in [-0.05, 0) is 26.0 Å². The predicted molar refractivity (Wildman–Crippen MR) is 68.6 cm³/mol. The Morgan fingerprint density at radius 3 is 2.61 bits per heavy atom. The molecule has 1 aromatic rings. The van der Waals surface area contributed by atoms with Gasteiger partial charge < -0.3 is 10.1 Å². The average Bonchev–Trinajstić information content (AvgIpc) is 2.39. The van der Waals surface area contributed by atoms with Gasteiger partial charge in [-0.2, -0.15) is 0 Å². The molecule has 0 aliphatic heterocycles. The number of hydrogen-bond acceptors (Lipinski definition) is 5. The highest BCUT2D eigenvalue weighted by atomic mass is 16.5. The molecule has 0 bridgehead atoms. The molecule has 1 aromatic heterocycles. The summed E-state index contributed by atoms with van der Waals surface area (Å²) < 4.78 is 4.88. The Balaban J connectivity index is 2.63. The van der Waals surface area contributed by atoms with E-state index in [2.05, 4.69) is 10.3 Å². The summed E-state index contributed by atoms with van der Waals surface area (Å²) in [6.07, 6.45) is 1.97. The van der Waals surface area contributed by atoms with Crippen molar-refractivity contribution in [3.05, 3.63) is 24.0 Å². The molecule has 0 aromatic carbocycles. The van der Waals surface area contributed by atoms with Crippen LogP contribution in [0.4, 0.5) is 5.69 Å². The predicted octanol–water partition coefficient (Wildman–Crippen LogP) is 2.04. The standard InChI is InChI=1S/C13H18N2O3/c1-4-12(16)11-7-6-10(8-14-11)15-9(3)13(17)18-5-2/h6-9,15H,4-5H2,1-3H3. The van der Waals surface area contributed by atoms with Gasteiger partial charge >= 0.3 is 5.97 Å². The zero-order valence-electron chi connectivity index (χ0n) is 10.9. The van der Waals surface area contributed by atoms with Crippen molar-refractivity contribution >= 4 is 17.4 Å². The number of hydrogen-bond donors (Lipinski definition) is 1. The van der Waals surface area contributed by atoms with Crippen molar-refractivity contribution < 1.29 is 14.3 Å². The monoisotopic (exact) mass is 250 g/mol. The Morgan fingerprint density at radius 2 is 2.11 bits per heavy atom. The van der Waals surface area contributed by atoms with E-state index in [0.717, 1.165) is 0 Å². The fourth-order valence-corrected chi connectivity index (χ4v) is 1.40. The summed E-state index contributed by atoms with van der Waals surface area (Å²) in [5.74, 6) is -0.314. The largest absolute Gasteiger partial charge is 0.464 e. The van der Waals surface area contributed by atoms with Crippen LogP contribution in [0.5, 0.6) is 0 Å².